The molecule has 0 aliphatic carbocycles. The molecular formula is C23H21IN2O. The van der Waals surface area contributed by atoms with Crippen molar-refractivity contribution in [2.75, 3.05) is 0 Å². The fourth-order valence-corrected chi connectivity index (χ4v) is 3.32. The second kappa shape index (κ2) is 9.04. The highest BCUT2D eigenvalue weighted by Crippen LogP contribution is 2.26. The summed E-state index contributed by atoms with van der Waals surface area (Å²) in [5.41, 5.74) is 5.06. The van der Waals surface area contributed by atoms with E-state index in [4.69, 9.17) is 0 Å². The molecule has 4 heteroatoms. The molecule has 3 aromatic rings. The number of carbonyl (C=O) groups is 1. The number of hydrogen-bond donors (Lipinski definition) is 0. The van der Waals surface area contributed by atoms with E-state index in [1.165, 1.54) is 5.56 Å². The number of Topliss-reactive ketones (excluding diaryl/α,β-unsaturated/α-hetero) is 1. The summed E-state index contributed by atoms with van der Waals surface area (Å²) in [4.78, 5) is 21.3. The molecule has 1 aromatic heterocycles. The van der Waals surface area contributed by atoms with E-state index in [1.807, 2.05) is 36.5 Å². The summed E-state index contributed by atoms with van der Waals surface area (Å²) >= 11 is 2.23. The SMILES string of the molecule is C/C(=N\c1ncc(-c2ccc(C)cc2)cc1I)C(=O)CCc1ccccc1. The van der Waals surface area contributed by atoms with Gasteiger partial charge in [-0.05, 0) is 60.1 Å². The fraction of sp³-hybridized carbons (Fsp3) is 0.174. The van der Waals surface area contributed by atoms with Gasteiger partial charge in [-0.1, -0.05) is 60.2 Å². The second-order valence-electron chi connectivity index (χ2n) is 6.50. The van der Waals surface area contributed by atoms with Crippen LogP contribution in [0.4, 0.5) is 5.82 Å². The van der Waals surface area contributed by atoms with E-state index in [-0.39, 0.29) is 5.78 Å². The lowest BCUT2D eigenvalue weighted by Gasteiger charge is -2.06. The van der Waals surface area contributed by atoms with Crippen LogP contribution < -0.4 is 0 Å². The standard InChI is InChI=1S/C23H21IN2O/c1-16-8-11-19(12-9-16)20-14-21(24)23(25-15-20)26-17(2)22(27)13-10-18-6-4-3-5-7-18/h3-9,11-12,14-15H,10,13H2,1-2H3/b26-17+. The summed E-state index contributed by atoms with van der Waals surface area (Å²) in [6.45, 7) is 3.83. The maximum Gasteiger partial charge on any atom is 0.177 e. The molecule has 0 unspecified atom stereocenters. The monoisotopic (exact) mass is 468 g/mol. The summed E-state index contributed by atoms with van der Waals surface area (Å²) in [6, 6.07) is 20.4. The molecule has 1 heterocycles. The van der Waals surface area contributed by atoms with Gasteiger partial charge in [0.1, 0.15) is 0 Å². The molecule has 0 saturated carbocycles. The van der Waals surface area contributed by atoms with Crippen molar-refractivity contribution >= 4 is 39.9 Å². The number of aliphatic imine (C=N–C) groups is 1. The van der Waals surface area contributed by atoms with Gasteiger partial charge in [0.2, 0.25) is 0 Å². The van der Waals surface area contributed by atoms with E-state index >= 15 is 0 Å². The number of aryl methyl sites for hydroxylation is 2. The van der Waals surface area contributed by atoms with E-state index in [9.17, 15) is 4.79 Å². The number of hydrogen-bond acceptors (Lipinski definition) is 3. The predicted molar refractivity (Wildman–Crippen MR) is 120 cm³/mol. The molecule has 0 aliphatic rings. The molecule has 0 fully saturated rings. The quantitative estimate of drug-likeness (QED) is 0.331. The van der Waals surface area contributed by atoms with E-state index in [0.29, 0.717) is 18.0 Å². The number of pyridine rings is 1. The number of rotatable bonds is 6. The third-order valence-electron chi connectivity index (χ3n) is 4.37. The smallest absolute Gasteiger partial charge is 0.177 e. The normalized spacial score (nSPS) is 11.4. The largest absolute Gasteiger partial charge is 0.293 e. The van der Waals surface area contributed by atoms with E-state index in [2.05, 4.69) is 69.8 Å². The van der Waals surface area contributed by atoms with Gasteiger partial charge in [0.15, 0.2) is 11.6 Å². The highest BCUT2D eigenvalue weighted by Gasteiger charge is 2.10. The van der Waals surface area contributed by atoms with Crippen molar-refractivity contribution in [1.29, 1.82) is 0 Å². The van der Waals surface area contributed by atoms with Crippen LogP contribution in [-0.4, -0.2) is 16.5 Å². The number of carbonyl (C=O) groups excluding carboxylic acids is 1. The summed E-state index contributed by atoms with van der Waals surface area (Å²) in [6.07, 6.45) is 2.99. The average Bonchev–Trinajstić information content (AvgIpc) is 2.69. The number of ketones is 1. The summed E-state index contributed by atoms with van der Waals surface area (Å²) in [7, 11) is 0. The Hall–Kier alpha value is -2.34. The molecular weight excluding hydrogens is 447 g/mol. The number of benzene rings is 2. The van der Waals surface area contributed by atoms with Crippen LogP contribution in [0.25, 0.3) is 11.1 Å². The van der Waals surface area contributed by atoms with Crippen molar-refractivity contribution in [3.05, 3.63) is 81.6 Å². The molecule has 3 rings (SSSR count). The zero-order valence-corrected chi connectivity index (χ0v) is 17.6. The highest BCUT2D eigenvalue weighted by atomic mass is 127. The van der Waals surface area contributed by atoms with E-state index < -0.39 is 0 Å². The van der Waals surface area contributed by atoms with Crippen molar-refractivity contribution in [2.45, 2.75) is 26.7 Å². The Morgan fingerprint density at radius 3 is 2.41 bits per heavy atom. The number of aromatic nitrogens is 1. The third-order valence-corrected chi connectivity index (χ3v) is 5.16. The Labute approximate surface area is 173 Å². The lowest BCUT2D eigenvalue weighted by Crippen LogP contribution is -2.11. The van der Waals surface area contributed by atoms with Crippen LogP contribution in [0.2, 0.25) is 0 Å². The summed E-state index contributed by atoms with van der Waals surface area (Å²) < 4.78 is 0.931. The van der Waals surface area contributed by atoms with Crippen molar-refractivity contribution in [2.24, 2.45) is 4.99 Å². The Morgan fingerprint density at radius 1 is 1.04 bits per heavy atom. The van der Waals surface area contributed by atoms with Crippen LogP contribution in [0.15, 0.2) is 71.9 Å². The Bertz CT molecular complexity index is 963. The minimum atomic E-state index is 0.0547. The highest BCUT2D eigenvalue weighted by molar-refractivity contribution is 14.1. The molecule has 0 N–H and O–H groups in total. The molecule has 3 nitrogen and oxygen atoms in total. The molecule has 0 amide bonds. The molecule has 0 radical (unpaired) electrons. The van der Waals surface area contributed by atoms with Gasteiger partial charge in [-0.2, -0.15) is 0 Å². The molecule has 2 aromatic carbocycles. The van der Waals surface area contributed by atoms with Gasteiger partial charge < -0.3 is 0 Å². The van der Waals surface area contributed by atoms with Crippen molar-refractivity contribution in [1.82, 2.24) is 4.98 Å². The van der Waals surface area contributed by atoms with Crippen LogP contribution in [-0.2, 0) is 11.2 Å². The minimum absolute atomic E-state index is 0.0547. The van der Waals surface area contributed by atoms with Crippen LogP contribution >= 0.6 is 22.6 Å². The maximum atomic E-state index is 12.4. The van der Waals surface area contributed by atoms with Gasteiger partial charge in [-0.3, -0.25) is 4.79 Å². The van der Waals surface area contributed by atoms with Crippen LogP contribution in [0.1, 0.15) is 24.5 Å². The van der Waals surface area contributed by atoms with E-state index in [1.54, 1.807) is 6.92 Å². The second-order valence-corrected chi connectivity index (χ2v) is 7.66. The van der Waals surface area contributed by atoms with Crippen LogP contribution in [0.5, 0.6) is 0 Å². The van der Waals surface area contributed by atoms with Crippen LogP contribution in [0.3, 0.4) is 0 Å². The molecule has 0 spiro atoms. The topological polar surface area (TPSA) is 42.3 Å². The summed E-state index contributed by atoms with van der Waals surface area (Å²) in [5.74, 6) is 0.649. The molecule has 0 aliphatic heterocycles. The van der Waals surface area contributed by atoms with Gasteiger partial charge in [0, 0.05) is 18.2 Å². The first-order chi connectivity index (χ1) is 13.0. The Kier molecular flexibility index (Phi) is 6.50. The van der Waals surface area contributed by atoms with Crippen molar-refractivity contribution in [3.63, 3.8) is 0 Å². The average molecular weight is 468 g/mol. The molecule has 136 valence electrons. The minimum Gasteiger partial charge on any atom is -0.293 e. The Morgan fingerprint density at radius 2 is 1.74 bits per heavy atom. The summed E-state index contributed by atoms with van der Waals surface area (Å²) in [5, 5.41) is 0. The predicted octanol–water partition coefficient (Wildman–Crippen LogP) is 5.96. The van der Waals surface area contributed by atoms with Gasteiger partial charge >= 0.3 is 0 Å². The fourth-order valence-electron chi connectivity index (χ4n) is 2.72. The lowest BCUT2D eigenvalue weighted by atomic mass is 10.1. The number of nitrogens with zero attached hydrogens (tertiary/aromatic N) is 2. The first-order valence-corrected chi connectivity index (χ1v) is 9.96. The zero-order chi connectivity index (χ0) is 19.2. The first-order valence-electron chi connectivity index (χ1n) is 8.88. The molecule has 0 atom stereocenters. The van der Waals surface area contributed by atoms with Crippen molar-refractivity contribution in [3.8, 4) is 11.1 Å². The molecule has 27 heavy (non-hydrogen) atoms. The van der Waals surface area contributed by atoms with Gasteiger partial charge in [0.05, 0.1) is 9.28 Å². The molecule has 0 bridgehead atoms. The van der Waals surface area contributed by atoms with Crippen LogP contribution in [0, 0.1) is 10.5 Å². The maximum absolute atomic E-state index is 12.4. The number of halogens is 1. The third kappa shape index (κ3) is 5.32. The Balaban J connectivity index is 1.71. The van der Waals surface area contributed by atoms with Gasteiger partial charge in [0.25, 0.3) is 0 Å². The van der Waals surface area contributed by atoms with Crippen molar-refractivity contribution < 1.29 is 4.79 Å². The van der Waals surface area contributed by atoms with Gasteiger partial charge in [-0.25, -0.2) is 9.98 Å². The van der Waals surface area contributed by atoms with E-state index in [0.717, 1.165) is 26.7 Å². The first kappa shape index (κ1) is 19.4. The zero-order valence-electron chi connectivity index (χ0n) is 15.4. The molecule has 0 saturated heterocycles. The lowest BCUT2D eigenvalue weighted by molar-refractivity contribution is -0.113. The van der Waals surface area contributed by atoms with Gasteiger partial charge in [-0.15, -0.1) is 0 Å².